The maximum atomic E-state index is 12.0. The summed E-state index contributed by atoms with van der Waals surface area (Å²) >= 11 is 3.06. The molecule has 98 valence electrons. The van der Waals surface area contributed by atoms with E-state index < -0.39 is 0 Å². The summed E-state index contributed by atoms with van der Waals surface area (Å²) in [5, 5.41) is 0. The summed E-state index contributed by atoms with van der Waals surface area (Å²) < 4.78 is 16.9. The minimum Gasteiger partial charge on any atom is -0.463 e. The number of thioether (sulfide) groups is 2. The van der Waals surface area contributed by atoms with Crippen molar-refractivity contribution in [2.45, 2.75) is 13.0 Å². The molecular weight excluding hydrogens is 260 g/mol. The molecule has 1 fully saturated rings. The summed E-state index contributed by atoms with van der Waals surface area (Å²) in [6, 6.07) is 0. The zero-order chi connectivity index (χ0) is 12.7. The molecule has 6 heteroatoms. The Morgan fingerprint density at radius 2 is 2.06 bits per heavy atom. The quantitative estimate of drug-likeness (QED) is 0.565. The van der Waals surface area contributed by atoms with Crippen LogP contribution in [0.3, 0.4) is 0 Å². The Morgan fingerprint density at radius 3 is 2.53 bits per heavy atom. The molecule has 0 aromatic heterocycles. The van der Waals surface area contributed by atoms with Crippen LogP contribution in [0.15, 0.2) is 9.81 Å². The van der Waals surface area contributed by atoms with Crippen LogP contribution in [0.25, 0.3) is 0 Å². The lowest BCUT2D eigenvalue weighted by atomic mass is 10.1. The van der Waals surface area contributed by atoms with Gasteiger partial charge in [0.15, 0.2) is 0 Å². The van der Waals surface area contributed by atoms with E-state index in [9.17, 15) is 4.79 Å². The van der Waals surface area contributed by atoms with E-state index in [0.29, 0.717) is 32.0 Å². The van der Waals surface area contributed by atoms with E-state index in [1.54, 1.807) is 6.92 Å². The first kappa shape index (κ1) is 14.9. The van der Waals surface area contributed by atoms with Gasteiger partial charge in [0.2, 0.25) is 0 Å². The Morgan fingerprint density at radius 1 is 1.35 bits per heavy atom. The average molecular weight is 278 g/mol. The molecule has 1 atom stereocenters. The first-order valence-electron chi connectivity index (χ1n) is 5.43. The summed E-state index contributed by atoms with van der Waals surface area (Å²) in [6.45, 7) is 3.68. The van der Waals surface area contributed by atoms with Crippen molar-refractivity contribution in [2.75, 3.05) is 38.9 Å². The summed E-state index contributed by atoms with van der Waals surface area (Å²) in [5.74, 6) is -0.304. The molecule has 0 amide bonds. The molecule has 0 radical (unpaired) electrons. The molecule has 17 heavy (non-hydrogen) atoms. The highest BCUT2D eigenvalue weighted by atomic mass is 32.2. The van der Waals surface area contributed by atoms with Crippen LogP contribution in [0.1, 0.15) is 6.92 Å². The Labute approximate surface area is 110 Å². The molecule has 0 saturated carbocycles. The van der Waals surface area contributed by atoms with Crippen molar-refractivity contribution >= 4 is 29.5 Å². The third-order valence-electron chi connectivity index (χ3n) is 2.22. The Bertz CT molecular complexity index is 279. The van der Waals surface area contributed by atoms with Crippen LogP contribution in [0.5, 0.6) is 0 Å². The smallest absolute Gasteiger partial charge is 0.338 e. The molecule has 4 nitrogen and oxygen atoms in total. The van der Waals surface area contributed by atoms with E-state index in [2.05, 4.69) is 0 Å². The Balaban J connectivity index is 2.91. The van der Waals surface area contributed by atoms with Gasteiger partial charge in [0.25, 0.3) is 0 Å². The van der Waals surface area contributed by atoms with Crippen molar-refractivity contribution in [1.82, 2.24) is 0 Å². The molecule has 0 aromatic carbocycles. The van der Waals surface area contributed by atoms with Crippen molar-refractivity contribution in [2.24, 2.45) is 0 Å². The monoisotopic (exact) mass is 278 g/mol. The molecule has 0 aromatic rings. The zero-order valence-electron chi connectivity index (χ0n) is 10.4. The fraction of sp³-hybridized carbons (Fsp3) is 0.727. The van der Waals surface area contributed by atoms with Crippen molar-refractivity contribution in [3.05, 3.63) is 9.81 Å². The van der Waals surface area contributed by atoms with Gasteiger partial charge in [0.05, 0.1) is 36.2 Å². The second-order valence-electron chi connectivity index (χ2n) is 3.26. The molecule has 0 spiro atoms. The number of hydrogen-bond donors (Lipinski definition) is 0. The van der Waals surface area contributed by atoms with Crippen molar-refractivity contribution in [1.29, 1.82) is 0 Å². The molecule has 1 unspecified atom stereocenters. The second kappa shape index (κ2) is 8.02. The van der Waals surface area contributed by atoms with E-state index in [-0.39, 0.29) is 12.1 Å². The molecule has 0 bridgehead atoms. The number of rotatable bonds is 5. The van der Waals surface area contributed by atoms with Crippen LogP contribution < -0.4 is 0 Å². The average Bonchev–Trinajstić information content (AvgIpc) is 2.37. The lowest BCUT2D eigenvalue weighted by molar-refractivity contribution is -0.142. The molecule has 1 aliphatic heterocycles. The van der Waals surface area contributed by atoms with Crippen LogP contribution in [0.4, 0.5) is 0 Å². The van der Waals surface area contributed by atoms with Gasteiger partial charge in [0, 0.05) is 0 Å². The van der Waals surface area contributed by atoms with E-state index in [0.717, 1.165) is 4.24 Å². The third kappa shape index (κ3) is 4.21. The zero-order valence-corrected chi connectivity index (χ0v) is 12.0. The van der Waals surface area contributed by atoms with Crippen LogP contribution in [0, 0.1) is 0 Å². The third-order valence-corrected chi connectivity index (χ3v) is 4.41. The number of carbonyl (C=O) groups is 1. The number of hydrogen-bond acceptors (Lipinski definition) is 6. The number of esters is 1. The number of carbonyl (C=O) groups excluding carboxylic acids is 1. The molecule has 0 N–H and O–H groups in total. The maximum Gasteiger partial charge on any atom is 0.338 e. The fourth-order valence-electron chi connectivity index (χ4n) is 1.51. The van der Waals surface area contributed by atoms with Gasteiger partial charge in [0.1, 0.15) is 6.10 Å². The SMILES string of the molecule is CCOC(=O)C(=C(SC)SC)C1COCCO1. The minimum absolute atomic E-state index is 0.304. The highest BCUT2D eigenvalue weighted by molar-refractivity contribution is 8.21. The van der Waals surface area contributed by atoms with Crippen molar-refractivity contribution < 1.29 is 19.0 Å². The van der Waals surface area contributed by atoms with Gasteiger partial charge < -0.3 is 14.2 Å². The van der Waals surface area contributed by atoms with Gasteiger partial charge in [-0.1, -0.05) is 0 Å². The van der Waals surface area contributed by atoms with Crippen LogP contribution in [-0.4, -0.2) is 51.0 Å². The van der Waals surface area contributed by atoms with E-state index >= 15 is 0 Å². The first-order chi connectivity index (χ1) is 8.24. The molecule has 1 saturated heterocycles. The molecule has 1 heterocycles. The van der Waals surface area contributed by atoms with Crippen LogP contribution >= 0.6 is 23.5 Å². The topological polar surface area (TPSA) is 44.8 Å². The number of ether oxygens (including phenoxy) is 3. The largest absolute Gasteiger partial charge is 0.463 e. The Kier molecular flexibility index (Phi) is 7.03. The lowest BCUT2D eigenvalue weighted by Gasteiger charge is -2.25. The van der Waals surface area contributed by atoms with Crippen LogP contribution in [0.2, 0.25) is 0 Å². The first-order valence-corrected chi connectivity index (χ1v) is 7.88. The van der Waals surface area contributed by atoms with Crippen LogP contribution in [-0.2, 0) is 19.0 Å². The normalized spacial score (nSPS) is 19.8. The van der Waals surface area contributed by atoms with Crippen molar-refractivity contribution in [3.63, 3.8) is 0 Å². The maximum absolute atomic E-state index is 12.0. The van der Waals surface area contributed by atoms with Gasteiger partial charge in [-0.3, -0.25) is 0 Å². The molecule has 1 rings (SSSR count). The standard InChI is InChI=1S/C11H18O4S2/c1-4-14-10(12)9(11(16-2)17-3)8-7-13-5-6-15-8/h8H,4-7H2,1-3H3. The van der Waals surface area contributed by atoms with Gasteiger partial charge in [-0.15, -0.1) is 23.5 Å². The predicted octanol–water partition coefficient (Wildman–Crippen LogP) is 1.90. The van der Waals surface area contributed by atoms with E-state index in [1.165, 1.54) is 23.5 Å². The van der Waals surface area contributed by atoms with Gasteiger partial charge in [-0.25, -0.2) is 4.79 Å². The highest BCUT2D eigenvalue weighted by Crippen LogP contribution is 2.31. The second-order valence-corrected chi connectivity index (χ2v) is 5.16. The van der Waals surface area contributed by atoms with Gasteiger partial charge in [-0.05, 0) is 19.4 Å². The summed E-state index contributed by atoms with van der Waals surface area (Å²) in [6.07, 6.45) is 3.57. The summed E-state index contributed by atoms with van der Waals surface area (Å²) in [5.41, 5.74) is 0.589. The van der Waals surface area contributed by atoms with E-state index in [1.807, 2.05) is 12.5 Å². The fourth-order valence-corrected chi connectivity index (χ4v) is 3.05. The lowest BCUT2D eigenvalue weighted by Crippen LogP contribution is -2.34. The molecule has 1 aliphatic rings. The Hall–Kier alpha value is -0.170. The molecule has 0 aliphatic carbocycles. The molecular formula is C11H18O4S2. The minimum atomic E-state index is -0.308. The predicted molar refractivity (Wildman–Crippen MR) is 71.2 cm³/mol. The summed E-state index contributed by atoms with van der Waals surface area (Å²) in [4.78, 5) is 12.0. The summed E-state index contributed by atoms with van der Waals surface area (Å²) in [7, 11) is 0. The van der Waals surface area contributed by atoms with Crippen molar-refractivity contribution in [3.8, 4) is 0 Å². The van der Waals surface area contributed by atoms with E-state index in [4.69, 9.17) is 14.2 Å². The highest BCUT2D eigenvalue weighted by Gasteiger charge is 2.28. The van der Waals surface area contributed by atoms with Gasteiger partial charge >= 0.3 is 5.97 Å². The van der Waals surface area contributed by atoms with Gasteiger partial charge in [-0.2, -0.15) is 0 Å².